The lowest BCUT2D eigenvalue weighted by atomic mass is 9.94. The number of imidazole rings is 1. The largest absolute Gasteiger partial charge is 0.444 e. The summed E-state index contributed by atoms with van der Waals surface area (Å²) >= 11 is 3.01. The van der Waals surface area contributed by atoms with Gasteiger partial charge in [0.1, 0.15) is 5.76 Å². The molecule has 3 heterocycles. The summed E-state index contributed by atoms with van der Waals surface area (Å²) in [6.45, 7) is 6.27. The molecule has 9 heteroatoms. The number of anilines is 1. The monoisotopic (exact) mass is 377 g/mol. The number of nitrogens with zero attached hydrogens (tertiary/aromatic N) is 3. The SMILES string of the molecule is CC(C)(C)c1cnc(CSc2cnc(NC(=O)Cc3cnc[nH]3)s2)o1. The first-order chi connectivity index (χ1) is 11.9. The molecule has 0 aliphatic heterocycles. The Bertz CT molecular complexity index is 833. The average molecular weight is 377 g/mol. The number of thioether (sulfide) groups is 1. The zero-order valence-electron chi connectivity index (χ0n) is 14.2. The minimum absolute atomic E-state index is 0.0491. The van der Waals surface area contributed by atoms with Gasteiger partial charge in [0.25, 0.3) is 0 Å². The van der Waals surface area contributed by atoms with Crippen molar-refractivity contribution in [3.05, 3.63) is 42.3 Å². The third kappa shape index (κ3) is 4.93. The van der Waals surface area contributed by atoms with Crippen molar-refractivity contribution in [2.24, 2.45) is 0 Å². The molecule has 25 heavy (non-hydrogen) atoms. The Balaban J connectivity index is 1.51. The smallest absolute Gasteiger partial charge is 0.232 e. The number of thiazole rings is 1. The molecule has 0 fully saturated rings. The van der Waals surface area contributed by atoms with Crippen LogP contribution in [-0.4, -0.2) is 25.8 Å². The van der Waals surface area contributed by atoms with E-state index in [1.165, 1.54) is 11.3 Å². The van der Waals surface area contributed by atoms with Gasteiger partial charge in [0.05, 0.1) is 35.1 Å². The zero-order chi connectivity index (χ0) is 17.9. The number of nitrogens with one attached hydrogen (secondary N) is 2. The second-order valence-electron chi connectivity index (χ2n) is 6.44. The van der Waals surface area contributed by atoms with Crippen LogP contribution < -0.4 is 5.32 Å². The van der Waals surface area contributed by atoms with Crippen molar-refractivity contribution < 1.29 is 9.21 Å². The molecule has 0 aliphatic carbocycles. The number of carbonyl (C=O) groups excluding carboxylic acids is 1. The normalized spacial score (nSPS) is 11.6. The number of H-pyrrole nitrogens is 1. The molecule has 0 aromatic carbocycles. The lowest BCUT2D eigenvalue weighted by molar-refractivity contribution is -0.115. The van der Waals surface area contributed by atoms with Crippen molar-refractivity contribution in [3.8, 4) is 0 Å². The number of carbonyl (C=O) groups is 1. The number of aromatic amines is 1. The standard InChI is InChI=1S/C16H19N5O2S2/c1-16(2,3)11-6-18-13(23-11)8-24-14-7-19-15(25-14)21-12(22)4-10-5-17-9-20-10/h5-7,9H,4,8H2,1-3H3,(H,17,20)(H,19,21,22). The zero-order valence-corrected chi connectivity index (χ0v) is 15.8. The lowest BCUT2D eigenvalue weighted by Gasteiger charge is -2.12. The van der Waals surface area contributed by atoms with Crippen LogP contribution in [0.4, 0.5) is 5.13 Å². The molecular weight excluding hydrogens is 358 g/mol. The number of aromatic nitrogens is 4. The molecule has 1 amide bonds. The highest BCUT2D eigenvalue weighted by molar-refractivity contribution is 8.00. The van der Waals surface area contributed by atoms with Crippen LogP contribution in [-0.2, 0) is 22.4 Å². The lowest BCUT2D eigenvalue weighted by Crippen LogP contribution is -2.14. The summed E-state index contributed by atoms with van der Waals surface area (Å²) in [5.41, 5.74) is 0.717. The molecule has 3 rings (SSSR count). The Morgan fingerprint density at radius 1 is 1.32 bits per heavy atom. The van der Waals surface area contributed by atoms with E-state index in [0.717, 1.165) is 15.7 Å². The fourth-order valence-electron chi connectivity index (χ4n) is 1.96. The maximum Gasteiger partial charge on any atom is 0.232 e. The Labute approximate surface area is 153 Å². The van der Waals surface area contributed by atoms with Crippen LogP contribution in [0.1, 0.15) is 38.1 Å². The van der Waals surface area contributed by atoms with Crippen LogP contribution in [0.15, 0.2) is 33.5 Å². The molecule has 0 saturated carbocycles. The molecule has 0 saturated heterocycles. The molecule has 0 bridgehead atoms. The molecule has 0 spiro atoms. The average Bonchev–Trinajstić information content (AvgIpc) is 3.25. The van der Waals surface area contributed by atoms with Gasteiger partial charge in [0, 0.05) is 17.3 Å². The highest BCUT2D eigenvalue weighted by Gasteiger charge is 2.19. The summed E-state index contributed by atoms with van der Waals surface area (Å²) < 4.78 is 6.77. The van der Waals surface area contributed by atoms with Crippen molar-refractivity contribution in [1.82, 2.24) is 19.9 Å². The van der Waals surface area contributed by atoms with E-state index in [-0.39, 0.29) is 17.7 Å². The van der Waals surface area contributed by atoms with E-state index in [4.69, 9.17) is 4.42 Å². The summed E-state index contributed by atoms with van der Waals surface area (Å²) in [4.78, 5) is 27.3. The van der Waals surface area contributed by atoms with Gasteiger partial charge in [-0.15, -0.1) is 11.8 Å². The summed E-state index contributed by atoms with van der Waals surface area (Å²) in [6, 6.07) is 0. The van der Waals surface area contributed by atoms with Gasteiger partial charge in [-0.2, -0.15) is 0 Å². The van der Waals surface area contributed by atoms with E-state index in [1.54, 1.807) is 36.7 Å². The first kappa shape index (κ1) is 17.7. The van der Waals surface area contributed by atoms with E-state index in [9.17, 15) is 4.79 Å². The first-order valence-corrected chi connectivity index (χ1v) is 9.51. The van der Waals surface area contributed by atoms with E-state index in [0.29, 0.717) is 16.8 Å². The number of amides is 1. The van der Waals surface area contributed by atoms with Crippen molar-refractivity contribution >= 4 is 34.1 Å². The summed E-state index contributed by atoms with van der Waals surface area (Å²) in [6.07, 6.45) is 6.95. The molecule has 0 aliphatic rings. The molecule has 2 N–H and O–H groups in total. The quantitative estimate of drug-likeness (QED) is 0.637. The van der Waals surface area contributed by atoms with Gasteiger partial charge in [0.2, 0.25) is 11.8 Å². The van der Waals surface area contributed by atoms with Gasteiger partial charge in [-0.05, 0) is 0 Å². The van der Waals surface area contributed by atoms with Crippen LogP contribution in [0.25, 0.3) is 0 Å². The van der Waals surface area contributed by atoms with Crippen molar-refractivity contribution in [2.75, 3.05) is 5.32 Å². The van der Waals surface area contributed by atoms with Gasteiger partial charge < -0.3 is 14.7 Å². The van der Waals surface area contributed by atoms with Crippen molar-refractivity contribution in [2.45, 2.75) is 42.6 Å². The van der Waals surface area contributed by atoms with Gasteiger partial charge >= 0.3 is 0 Å². The Morgan fingerprint density at radius 3 is 2.84 bits per heavy atom. The molecule has 0 unspecified atom stereocenters. The fraction of sp³-hybridized carbons (Fsp3) is 0.375. The summed E-state index contributed by atoms with van der Waals surface area (Å²) in [5, 5.41) is 3.37. The van der Waals surface area contributed by atoms with Gasteiger partial charge in [0.15, 0.2) is 5.13 Å². The number of hydrogen-bond acceptors (Lipinski definition) is 7. The topological polar surface area (TPSA) is 96.7 Å². The van der Waals surface area contributed by atoms with Crippen LogP contribution in [0.5, 0.6) is 0 Å². The van der Waals surface area contributed by atoms with E-state index in [1.807, 2.05) is 0 Å². The maximum absolute atomic E-state index is 11.9. The molecular formula is C16H19N5O2S2. The highest BCUT2D eigenvalue weighted by Crippen LogP contribution is 2.31. The molecule has 0 atom stereocenters. The summed E-state index contributed by atoms with van der Waals surface area (Å²) in [5.74, 6) is 2.06. The van der Waals surface area contributed by atoms with E-state index in [2.05, 4.69) is 46.0 Å². The third-order valence-corrected chi connectivity index (χ3v) is 5.36. The third-order valence-electron chi connectivity index (χ3n) is 3.27. The summed E-state index contributed by atoms with van der Waals surface area (Å²) in [7, 11) is 0. The van der Waals surface area contributed by atoms with E-state index < -0.39 is 0 Å². The molecule has 3 aromatic rings. The molecule has 3 aromatic heterocycles. The van der Waals surface area contributed by atoms with E-state index >= 15 is 0 Å². The van der Waals surface area contributed by atoms with Crippen LogP contribution >= 0.6 is 23.1 Å². The predicted molar refractivity (Wildman–Crippen MR) is 97.8 cm³/mol. The van der Waals surface area contributed by atoms with Crippen molar-refractivity contribution in [1.29, 1.82) is 0 Å². The van der Waals surface area contributed by atoms with Crippen molar-refractivity contribution in [3.63, 3.8) is 0 Å². The second kappa shape index (κ2) is 7.40. The fourth-order valence-corrected chi connectivity index (χ4v) is 3.70. The minimum atomic E-state index is -0.127. The second-order valence-corrected chi connectivity index (χ2v) is 8.75. The predicted octanol–water partition coefficient (Wildman–Crippen LogP) is 3.63. The maximum atomic E-state index is 11.9. The molecule has 132 valence electrons. The Hall–Kier alpha value is -2.13. The minimum Gasteiger partial charge on any atom is -0.444 e. The molecule has 0 radical (unpaired) electrons. The first-order valence-electron chi connectivity index (χ1n) is 7.71. The molecule has 7 nitrogen and oxygen atoms in total. The number of oxazole rings is 1. The van der Waals surface area contributed by atoms with Crippen LogP contribution in [0, 0.1) is 0 Å². The Morgan fingerprint density at radius 2 is 2.16 bits per heavy atom. The highest BCUT2D eigenvalue weighted by atomic mass is 32.2. The number of hydrogen-bond donors (Lipinski definition) is 2. The van der Waals surface area contributed by atoms with Gasteiger partial charge in [-0.1, -0.05) is 32.1 Å². The van der Waals surface area contributed by atoms with Gasteiger partial charge in [-0.25, -0.2) is 15.0 Å². The number of rotatable bonds is 6. The van der Waals surface area contributed by atoms with Crippen LogP contribution in [0.3, 0.4) is 0 Å². The van der Waals surface area contributed by atoms with Gasteiger partial charge in [-0.3, -0.25) is 4.79 Å². The Kier molecular flexibility index (Phi) is 5.24. The van der Waals surface area contributed by atoms with Crippen LogP contribution in [0.2, 0.25) is 0 Å².